The van der Waals surface area contributed by atoms with E-state index in [1.54, 1.807) is 31.4 Å². The summed E-state index contributed by atoms with van der Waals surface area (Å²) in [5.74, 6) is -0.747. The SMILES string of the molecule is COc1ccc(N2C(=O)C(O)=C(C(C)=O)[C@H]2c2ccccc2)cc1. The van der Waals surface area contributed by atoms with Gasteiger partial charge in [0, 0.05) is 5.69 Å². The van der Waals surface area contributed by atoms with Crippen LogP contribution in [-0.2, 0) is 9.59 Å². The molecule has 1 heterocycles. The molecule has 0 spiro atoms. The number of Topliss-reactive ketones (excluding diaryl/α,β-unsaturated/α-hetero) is 1. The number of ketones is 1. The van der Waals surface area contributed by atoms with Gasteiger partial charge in [0.05, 0.1) is 18.7 Å². The van der Waals surface area contributed by atoms with Crippen LogP contribution in [0, 0.1) is 0 Å². The van der Waals surface area contributed by atoms with Crippen molar-refractivity contribution in [2.24, 2.45) is 0 Å². The molecule has 0 bridgehead atoms. The molecule has 5 heteroatoms. The lowest BCUT2D eigenvalue weighted by Gasteiger charge is -2.26. The second kappa shape index (κ2) is 6.20. The number of aliphatic hydroxyl groups excluding tert-OH is 1. The Balaban J connectivity index is 2.13. The van der Waals surface area contributed by atoms with E-state index in [0.29, 0.717) is 11.4 Å². The van der Waals surface area contributed by atoms with E-state index in [0.717, 1.165) is 5.56 Å². The molecule has 0 radical (unpaired) electrons. The zero-order valence-electron chi connectivity index (χ0n) is 13.4. The van der Waals surface area contributed by atoms with Crippen molar-refractivity contribution in [1.29, 1.82) is 0 Å². The molecule has 1 atom stereocenters. The van der Waals surface area contributed by atoms with Crippen LogP contribution in [0.4, 0.5) is 5.69 Å². The van der Waals surface area contributed by atoms with E-state index in [9.17, 15) is 14.7 Å². The minimum atomic E-state index is -0.649. The van der Waals surface area contributed by atoms with Crippen molar-refractivity contribution in [3.63, 3.8) is 0 Å². The van der Waals surface area contributed by atoms with Crippen molar-refractivity contribution in [2.75, 3.05) is 12.0 Å². The number of methoxy groups -OCH3 is 1. The van der Waals surface area contributed by atoms with E-state index in [4.69, 9.17) is 4.74 Å². The third-order valence-electron chi connectivity index (χ3n) is 4.05. The minimum absolute atomic E-state index is 0.113. The predicted octanol–water partition coefficient (Wildman–Crippen LogP) is 3.18. The number of aliphatic hydroxyl groups is 1. The van der Waals surface area contributed by atoms with Gasteiger partial charge in [-0.25, -0.2) is 0 Å². The first kappa shape index (κ1) is 15.8. The Morgan fingerprint density at radius 2 is 1.71 bits per heavy atom. The topological polar surface area (TPSA) is 66.8 Å². The Labute approximate surface area is 139 Å². The highest BCUT2D eigenvalue weighted by Crippen LogP contribution is 2.41. The van der Waals surface area contributed by atoms with Gasteiger partial charge in [-0.2, -0.15) is 0 Å². The number of carbonyl (C=O) groups excluding carboxylic acids is 2. The maximum Gasteiger partial charge on any atom is 0.294 e. The zero-order chi connectivity index (χ0) is 17.3. The molecule has 24 heavy (non-hydrogen) atoms. The molecule has 0 aliphatic carbocycles. The summed E-state index contributed by atoms with van der Waals surface area (Å²) < 4.78 is 5.13. The van der Waals surface area contributed by atoms with Gasteiger partial charge >= 0.3 is 0 Å². The van der Waals surface area contributed by atoms with E-state index in [-0.39, 0.29) is 11.4 Å². The average Bonchev–Trinajstić information content (AvgIpc) is 2.87. The molecule has 122 valence electrons. The van der Waals surface area contributed by atoms with Crippen molar-refractivity contribution in [3.8, 4) is 5.75 Å². The Morgan fingerprint density at radius 3 is 2.25 bits per heavy atom. The van der Waals surface area contributed by atoms with E-state index >= 15 is 0 Å². The highest BCUT2D eigenvalue weighted by atomic mass is 16.5. The lowest BCUT2D eigenvalue weighted by Crippen LogP contribution is -2.30. The van der Waals surface area contributed by atoms with Crippen molar-refractivity contribution >= 4 is 17.4 Å². The molecule has 0 unspecified atom stereocenters. The summed E-state index contributed by atoms with van der Waals surface area (Å²) >= 11 is 0. The molecule has 2 aromatic rings. The van der Waals surface area contributed by atoms with Crippen molar-refractivity contribution < 1.29 is 19.4 Å². The maximum atomic E-state index is 12.6. The predicted molar refractivity (Wildman–Crippen MR) is 90.0 cm³/mol. The van der Waals surface area contributed by atoms with E-state index in [1.807, 2.05) is 30.3 Å². The molecule has 0 aromatic heterocycles. The van der Waals surface area contributed by atoms with Crippen LogP contribution in [0.15, 0.2) is 65.9 Å². The number of anilines is 1. The van der Waals surface area contributed by atoms with Gasteiger partial charge < -0.3 is 9.84 Å². The normalized spacial score (nSPS) is 17.3. The Morgan fingerprint density at radius 1 is 1.08 bits per heavy atom. The minimum Gasteiger partial charge on any atom is -0.503 e. The van der Waals surface area contributed by atoms with Crippen LogP contribution in [0.5, 0.6) is 5.75 Å². The van der Waals surface area contributed by atoms with Gasteiger partial charge in [-0.3, -0.25) is 14.5 Å². The van der Waals surface area contributed by atoms with Gasteiger partial charge in [0.2, 0.25) is 0 Å². The van der Waals surface area contributed by atoms with Crippen molar-refractivity contribution in [3.05, 3.63) is 71.5 Å². The largest absolute Gasteiger partial charge is 0.503 e. The number of ether oxygens (including phenoxy) is 1. The highest BCUT2D eigenvalue weighted by Gasteiger charge is 2.43. The number of rotatable bonds is 4. The average molecular weight is 323 g/mol. The molecule has 0 saturated carbocycles. The molecular weight excluding hydrogens is 306 g/mol. The summed E-state index contributed by atoms with van der Waals surface area (Å²) in [6.07, 6.45) is 0. The monoisotopic (exact) mass is 323 g/mol. The van der Waals surface area contributed by atoms with Gasteiger partial charge in [-0.05, 0) is 36.8 Å². The number of carbonyl (C=O) groups is 2. The van der Waals surface area contributed by atoms with Crippen molar-refractivity contribution in [2.45, 2.75) is 13.0 Å². The van der Waals surface area contributed by atoms with E-state index in [2.05, 4.69) is 0 Å². The number of amides is 1. The molecule has 1 aliphatic rings. The van der Waals surface area contributed by atoms with E-state index < -0.39 is 17.7 Å². The maximum absolute atomic E-state index is 12.6. The molecule has 3 rings (SSSR count). The molecule has 1 amide bonds. The van der Waals surface area contributed by atoms with Gasteiger partial charge in [0.25, 0.3) is 5.91 Å². The van der Waals surface area contributed by atoms with Gasteiger partial charge in [-0.1, -0.05) is 30.3 Å². The first-order chi connectivity index (χ1) is 11.5. The second-order valence-electron chi connectivity index (χ2n) is 5.50. The summed E-state index contributed by atoms with van der Waals surface area (Å²) in [6.45, 7) is 1.35. The van der Waals surface area contributed by atoms with Crippen LogP contribution >= 0.6 is 0 Å². The highest BCUT2D eigenvalue weighted by molar-refractivity contribution is 6.16. The third kappa shape index (κ3) is 2.54. The van der Waals surface area contributed by atoms with Crippen LogP contribution in [0.1, 0.15) is 18.5 Å². The molecule has 1 N–H and O–H groups in total. The molecule has 0 fully saturated rings. The zero-order valence-corrected chi connectivity index (χ0v) is 13.4. The summed E-state index contributed by atoms with van der Waals surface area (Å²) in [5.41, 5.74) is 1.45. The van der Waals surface area contributed by atoms with Crippen LogP contribution in [0.2, 0.25) is 0 Å². The standard InChI is InChI=1S/C19H17NO4/c1-12(21)16-17(13-6-4-3-5-7-13)20(19(23)18(16)22)14-8-10-15(24-2)11-9-14/h3-11,17,22H,1-2H3/t17-/m1/s1. The summed E-state index contributed by atoms with van der Waals surface area (Å²) in [4.78, 5) is 26.1. The quantitative estimate of drug-likeness (QED) is 0.938. The first-order valence-corrected chi connectivity index (χ1v) is 7.51. The molecule has 1 aliphatic heterocycles. The van der Waals surface area contributed by atoms with Crippen LogP contribution in [0.3, 0.4) is 0 Å². The van der Waals surface area contributed by atoms with Crippen LogP contribution in [-0.4, -0.2) is 23.9 Å². The Hall–Kier alpha value is -3.08. The fourth-order valence-corrected chi connectivity index (χ4v) is 2.92. The van der Waals surface area contributed by atoms with E-state index in [1.165, 1.54) is 11.8 Å². The number of hydrogen-bond acceptors (Lipinski definition) is 4. The molecule has 0 saturated heterocycles. The summed E-state index contributed by atoms with van der Waals surface area (Å²) in [5, 5.41) is 10.2. The smallest absolute Gasteiger partial charge is 0.294 e. The van der Waals surface area contributed by atoms with Gasteiger partial charge in [0.1, 0.15) is 5.75 Å². The fraction of sp³-hybridized carbons (Fsp3) is 0.158. The van der Waals surface area contributed by atoms with Crippen molar-refractivity contribution in [1.82, 2.24) is 0 Å². The number of hydrogen-bond donors (Lipinski definition) is 1. The third-order valence-corrected chi connectivity index (χ3v) is 4.05. The molecular formula is C19H17NO4. The number of benzene rings is 2. The second-order valence-corrected chi connectivity index (χ2v) is 5.50. The summed E-state index contributed by atoms with van der Waals surface area (Å²) in [7, 11) is 1.56. The summed E-state index contributed by atoms with van der Waals surface area (Å²) in [6, 6.07) is 15.4. The fourth-order valence-electron chi connectivity index (χ4n) is 2.92. The lowest BCUT2D eigenvalue weighted by molar-refractivity contribution is -0.117. The van der Waals surface area contributed by atoms with Gasteiger partial charge in [0.15, 0.2) is 11.5 Å². The van der Waals surface area contributed by atoms with Crippen LogP contribution < -0.4 is 9.64 Å². The molecule has 2 aromatic carbocycles. The number of nitrogens with zero attached hydrogens (tertiary/aromatic N) is 1. The lowest BCUT2D eigenvalue weighted by atomic mass is 9.96. The van der Waals surface area contributed by atoms with Gasteiger partial charge in [-0.15, -0.1) is 0 Å². The Kier molecular flexibility index (Phi) is 4.08. The molecule has 5 nitrogen and oxygen atoms in total. The first-order valence-electron chi connectivity index (χ1n) is 7.51. The van der Waals surface area contributed by atoms with Crippen LogP contribution in [0.25, 0.3) is 0 Å². The Bertz CT molecular complexity index is 809.